The van der Waals surface area contributed by atoms with Crippen molar-refractivity contribution in [2.24, 2.45) is 0 Å². The Morgan fingerprint density at radius 3 is 2.32 bits per heavy atom. The van der Waals surface area contributed by atoms with Gasteiger partial charge in [-0.15, -0.1) is 0 Å². The van der Waals surface area contributed by atoms with Crippen molar-refractivity contribution < 1.29 is 23.9 Å². The van der Waals surface area contributed by atoms with Crippen LogP contribution in [0.1, 0.15) is 0 Å². The van der Waals surface area contributed by atoms with E-state index in [-0.39, 0.29) is 18.0 Å². The Hall–Kier alpha value is -3.09. The van der Waals surface area contributed by atoms with Crippen LogP contribution in [0.2, 0.25) is 0 Å². The van der Waals surface area contributed by atoms with E-state index in [9.17, 15) is 14.9 Å². The van der Waals surface area contributed by atoms with Crippen LogP contribution in [0, 0.1) is 10.1 Å². The second-order valence-electron chi connectivity index (χ2n) is 4.16. The fraction of sp³-hybridized carbons (Fsp3) is 0.133. The number of non-ortho nitro benzene ring substituents is 1. The molecule has 2 rings (SSSR count). The fourth-order valence-electron chi connectivity index (χ4n) is 1.67. The van der Waals surface area contributed by atoms with E-state index in [4.69, 9.17) is 14.2 Å². The molecule has 0 saturated heterocycles. The van der Waals surface area contributed by atoms with Gasteiger partial charge in [0, 0.05) is 12.1 Å². The van der Waals surface area contributed by atoms with Crippen molar-refractivity contribution >= 4 is 11.7 Å². The number of nitro benzene ring substituents is 1. The zero-order valence-electron chi connectivity index (χ0n) is 11.7. The zero-order chi connectivity index (χ0) is 15.9. The molecule has 22 heavy (non-hydrogen) atoms. The van der Waals surface area contributed by atoms with E-state index in [2.05, 4.69) is 0 Å². The van der Waals surface area contributed by atoms with Gasteiger partial charge in [0.15, 0.2) is 18.1 Å². The summed E-state index contributed by atoms with van der Waals surface area (Å²) in [6.07, 6.45) is 0. The van der Waals surface area contributed by atoms with Crippen LogP contribution in [0.3, 0.4) is 0 Å². The van der Waals surface area contributed by atoms with E-state index in [0.717, 1.165) is 0 Å². The molecule has 0 atom stereocenters. The Kier molecular flexibility index (Phi) is 4.92. The molecule has 0 bridgehead atoms. The standard InChI is InChI=1S/C15H13NO6/c1-20-13-4-2-3-5-14(13)21-10-15(17)22-12-8-6-11(7-9-12)16(18)19/h2-9H,10H2,1H3. The van der Waals surface area contributed by atoms with Crippen molar-refractivity contribution in [1.29, 1.82) is 0 Å². The lowest BCUT2D eigenvalue weighted by molar-refractivity contribution is -0.384. The molecule has 0 fully saturated rings. The number of nitro groups is 1. The third-order valence-electron chi connectivity index (χ3n) is 2.69. The van der Waals surface area contributed by atoms with Crippen molar-refractivity contribution in [2.45, 2.75) is 0 Å². The lowest BCUT2D eigenvalue weighted by Gasteiger charge is -2.09. The van der Waals surface area contributed by atoms with Crippen LogP contribution in [-0.4, -0.2) is 24.6 Å². The number of nitrogens with zero attached hydrogens (tertiary/aromatic N) is 1. The first-order valence-electron chi connectivity index (χ1n) is 6.31. The van der Waals surface area contributed by atoms with Crippen molar-refractivity contribution in [1.82, 2.24) is 0 Å². The summed E-state index contributed by atoms with van der Waals surface area (Å²) in [6, 6.07) is 12.1. The molecule has 0 N–H and O–H groups in total. The van der Waals surface area contributed by atoms with Crippen LogP contribution in [-0.2, 0) is 4.79 Å². The van der Waals surface area contributed by atoms with Crippen LogP contribution in [0.4, 0.5) is 5.69 Å². The van der Waals surface area contributed by atoms with E-state index in [0.29, 0.717) is 11.5 Å². The number of carbonyl (C=O) groups excluding carboxylic acids is 1. The van der Waals surface area contributed by atoms with Crippen molar-refractivity contribution in [3.63, 3.8) is 0 Å². The molecule has 0 radical (unpaired) electrons. The molecule has 0 unspecified atom stereocenters. The number of para-hydroxylation sites is 2. The molecule has 0 aliphatic rings. The number of methoxy groups -OCH3 is 1. The minimum Gasteiger partial charge on any atom is -0.493 e. The summed E-state index contributed by atoms with van der Waals surface area (Å²) in [6.45, 7) is -0.308. The van der Waals surface area contributed by atoms with Crippen LogP contribution in [0.25, 0.3) is 0 Å². The van der Waals surface area contributed by atoms with Gasteiger partial charge in [0.2, 0.25) is 0 Å². The number of carbonyl (C=O) groups is 1. The maximum Gasteiger partial charge on any atom is 0.349 e. The monoisotopic (exact) mass is 303 g/mol. The molecule has 0 aromatic heterocycles. The van der Waals surface area contributed by atoms with E-state index in [1.54, 1.807) is 24.3 Å². The molecule has 0 aliphatic carbocycles. The van der Waals surface area contributed by atoms with E-state index < -0.39 is 10.9 Å². The van der Waals surface area contributed by atoms with Crippen molar-refractivity contribution in [3.05, 3.63) is 58.6 Å². The molecule has 0 spiro atoms. The lowest BCUT2D eigenvalue weighted by Crippen LogP contribution is -2.17. The summed E-state index contributed by atoms with van der Waals surface area (Å²) in [7, 11) is 1.50. The normalized spacial score (nSPS) is 9.86. The molecule has 0 aliphatic heterocycles. The summed E-state index contributed by atoms with van der Waals surface area (Å²) in [4.78, 5) is 21.7. The minimum atomic E-state index is -0.625. The smallest absolute Gasteiger partial charge is 0.349 e. The quantitative estimate of drug-likeness (QED) is 0.353. The van der Waals surface area contributed by atoms with E-state index in [1.807, 2.05) is 0 Å². The summed E-state index contributed by atoms with van der Waals surface area (Å²) < 4.78 is 15.4. The van der Waals surface area contributed by atoms with Crippen molar-refractivity contribution in [2.75, 3.05) is 13.7 Å². The minimum absolute atomic E-state index is 0.0786. The molecule has 7 nitrogen and oxygen atoms in total. The van der Waals surface area contributed by atoms with Crippen molar-refractivity contribution in [3.8, 4) is 17.2 Å². The Bertz CT molecular complexity index is 668. The van der Waals surface area contributed by atoms with Gasteiger partial charge in [0.25, 0.3) is 5.69 Å². The van der Waals surface area contributed by atoms with E-state index in [1.165, 1.54) is 31.4 Å². The average molecular weight is 303 g/mol. The largest absolute Gasteiger partial charge is 0.493 e. The van der Waals surface area contributed by atoms with Gasteiger partial charge in [-0.25, -0.2) is 4.79 Å². The van der Waals surface area contributed by atoms with Gasteiger partial charge in [0.05, 0.1) is 12.0 Å². The van der Waals surface area contributed by atoms with Gasteiger partial charge in [-0.1, -0.05) is 12.1 Å². The van der Waals surface area contributed by atoms with Crippen LogP contribution >= 0.6 is 0 Å². The van der Waals surface area contributed by atoms with E-state index >= 15 is 0 Å². The predicted octanol–water partition coefficient (Wildman–Crippen LogP) is 2.59. The van der Waals surface area contributed by atoms with Gasteiger partial charge in [-0.3, -0.25) is 10.1 Å². The highest BCUT2D eigenvalue weighted by molar-refractivity contribution is 5.74. The Labute approximate surface area is 126 Å². The summed E-state index contributed by atoms with van der Waals surface area (Å²) in [5.74, 6) is 0.510. The number of hydrogen-bond donors (Lipinski definition) is 0. The number of ether oxygens (including phenoxy) is 3. The number of benzene rings is 2. The highest BCUT2D eigenvalue weighted by Crippen LogP contribution is 2.25. The predicted molar refractivity (Wildman–Crippen MR) is 77.2 cm³/mol. The van der Waals surface area contributed by atoms with Crippen LogP contribution in [0.15, 0.2) is 48.5 Å². The van der Waals surface area contributed by atoms with Gasteiger partial charge >= 0.3 is 5.97 Å². The molecule has 0 saturated carbocycles. The zero-order valence-corrected chi connectivity index (χ0v) is 11.7. The fourth-order valence-corrected chi connectivity index (χ4v) is 1.67. The number of rotatable bonds is 6. The summed E-state index contributed by atoms with van der Waals surface area (Å²) in [5.41, 5.74) is -0.0786. The molecule has 2 aromatic carbocycles. The third-order valence-corrected chi connectivity index (χ3v) is 2.69. The molecule has 0 amide bonds. The van der Waals surface area contributed by atoms with Crippen LogP contribution < -0.4 is 14.2 Å². The average Bonchev–Trinajstić information content (AvgIpc) is 2.53. The number of esters is 1. The lowest BCUT2D eigenvalue weighted by atomic mass is 10.3. The van der Waals surface area contributed by atoms with Gasteiger partial charge in [0.1, 0.15) is 5.75 Å². The first kappa shape index (κ1) is 15.3. The molecule has 7 heteroatoms. The van der Waals surface area contributed by atoms with Gasteiger partial charge in [-0.2, -0.15) is 0 Å². The topological polar surface area (TPSA) is 87.9 Å². The Balaban J connectivity index is 1.91. The van der Waals surface area contributed by atoms with Crippen LogP contribution in [0.5, 0.6) is 17.2 Å². The second-order valence-corrected chi connectivity index (χ2v) is 4.16. The second kappa shape index (κ2) is 7.07. The molecular weight excluding hydrogens is 290 g/mol. The number of hydrogen-bond acceptors (Lipinski definition) is 6. The maximum absolute atomic E-state index is 11.7. The summed E-state index contributed by atoms with van der Waals surface area (Å²) >= 11 is 0. The Morgan fingerprint density at radius 2 is 1.73 bits per heavy atom. The molecular formula is C15H13NO6. The third kappa shape index (κ3) is 3.95. The Morgan fingerprint density at radius 1 is 1.09 bits per heavy atom. The summed E-state index contributed by atoms with van der Waals surface area (Å²) in [5, 5.41) is 10.5. The SMILES string of the molecule is COc1ccccc1OCC(=O)Oc1ccc([N+](=O)[O-])cc1. The molecule has 114 valence electrons. The highest BCUT2D eigenvalue weighted by atomic mass is 16.6. The highest BCUT2D eigenvalue weighted by Gasteiger charge is 2.10. The van der Waals surface area contributed by atoms with Gasteiger partial charge < -0.3 is 14.2 Å². The molecule has 0 heterocycles. The maximum atomic E-state index is 11.7. The molecule has 2 aromatic rings. The first-order chi connectivity index (χ1) is 10.6. The van der Waals surface area contributed by atoms with Gasteiger partial charge in [-0.05, 0) is 24.3 Å². The first-order valence-corrected chi connectivity index (χ1v) is 6.31.